The van der Waals surface area contributed by atoms with Crippen LogP contribution < -0.4 is 5.32 Å². The van der Waals surface area contributed by atoms with Crippen molar-refractivity contribution in [2.45, 2.75) is 0 Å². The van der Waals surface area contributed by atoms with Crippen LogP contribution in [0.15, 0.2) is 24.8 Å². The summed E-state index contributed by atoms with van der Waals surface area (Å²) in [6.07, 6.45) is 6.48. The maximum Gasteiger partial charge on any atom is 0.322 e. The topological polar surface area (TPSA) is 52.6 Å². The van der Waals surface area contributed by atoms with Crippen LogP contribution in [0.5, 0.6) is 0 Å². The van der Waals surface area contributed by atoms with Crippen molar-refractivity contribution in [3.63, 3.8) is 0 Å². The van der Waals surface area contributed by atoms with Gasteiger partial charge in [0.1, 0.15) is 5.69 Å². The second-order valence-corrected chi connectivity index (χ2v) is 3.85. The molecule has 0 unspecified atom stereocenters. The van der Waals surface area contributed by atoms with Gasteiger partial charge in [-0.3, -0.25) is 0 Å². The van der Waals surface area contributed by atoms with Crippen molar-refractivity contribution in [3.8, 4) is 12.3 Å². The van der Waals surface area contributed by atoms with Crippen LogP contribution in [-0.4, -0.2) is 35.7 Å². The first kappa shape index (κ1) is 15.7. The fraction of sp³-hybridized carbons (Fsp3) is 0.214. The number of halogens is 2. The van der Waals surface area contributed by atoms with Gasteiger partial charge >= 0.3 is 6.03 Å². The second-order valence-electron chi connectivity index (χ2n) is 3.85. The summed E-state index contributed by atoms with van der Waals surface area (Å²) in [5, 5.41) is 10.9. The first-order valence-electron chi connectivity index (χ1n) is 5.76. The zero-order chi connectivity index (χ0) is 15.1. The van der Waals surface area contributed by atoms with Crippen LogP contribution in [-0.2, 0) is 0 Å². The van der Waals surface area contributed by atoms with E-state index in [-0.39, 0.29) is 25.3 Å². The molecule has 6 heteroatoms. The third-order valence-corrected chi connectivity index (χ3v) is 2.45. The first-order valence-corrected chi connectivity index (χ1v) is 5.76. The Balaban J connectivity index is 2.95. The largest absolute Gasteiger partial charge is 0.395 e. The number of hydrogen-bond acceptors (Lipinski definition) is 2. The van der Waals surface area contributed by atoms with Crippen molar-refractivity contribution < 1.29 is 18.7 Å². The molecule has 1 rings (SSSR count). The van der Waals surface area contributed by atoms with E-state index in [1.54, 1.807) is 0 Å². The molecule has 20 heavy (non-hydrogen) atoms. The van der Waals surface area contributed by atoms with Crippen molar-refractivity contribution in [2.24, 2.45) is 0 Å². The number of carbonyl (C=O) groups is 1. The molecule has 0 radical (unpaired) electrons. The monoisotopic (exact) mass is 280 g/mol. The summed E-state index contributed by atoms with van der Waals surface area (Å²) in [7, 11) is 0. The van der Waals surface area contributed by atoms with E-state index in [0.29, 0.717) is 0 Å². The van der Waals surface area contributed by atoms with Crippen LogP contribution in [0.1, 0.15) is 5.56 Å². The molecule has 0 saturated heterocycles. The minimum Gasteiger partial charge on any atom is -0.395 e. The van der Waals surface area contributed by atoms with Crippen molar-refractivity contribution in [1.82, 2.24) is 4.90 Å². The maximum absolute atomic E-state index is 13.7. The van der Waals surface area contributed by atoms with Crippen molar-refractivity contribution >= 4 is 11.7 Å². The molecule has 4 nitrogen and oxygen atoms in total. The summed E-state index contributed by atoms with van der Waals surface area (Å²) in [5.41, 5.74) is -0.544. The third-order valence-electron chi connectivity index (χ3n) is 2.45. The number of benzene rings is 1. The highest BCUT2D eigenvalue weighted by atomic mass is 19.1. The lowest BCUT2D eigenvalue weighted by Crippen LogP contribution is -2.37. The second kappa shape index (κ2) is 7.26. The molecule has 0 heterocycles. The molecule has 0 aliphatic heterocycles. The lowest BCUT2D eigenvalue weighted by molar-refractivity contribution is 0.195. The molecule has 0 aliphatic rings. The molecule has 0 fully saturated rings. The molecule has 2 N–H and O–H groups in total. The van der Waals surface area contributed by atoms with Gasteiger partial charge in [0.15, 0.2) is 11.6 Å². The fourth-order valence-electron chi connectivity index (χ4n) is 1.51. The number of terminal acetylenes is 1. The van der Waals surface area contributed by atoms with Gasteiger partial charge in [0.25, 0.3) is 0 Å². The highest BCUT2D eigenvalue weighted by Crippen LogP contribution is 2.20. The maximum atomic E-state index is 13.7. The lowest BCUT2D eigenvalue weighted by Gasteiger charge is -2.20. The Morgan fingerprint density at radius 2 is 2.10 bits per heavy atom. The van der Waals surface area contributed by atoms with Crippen molar-refractivity contribution in [1.29, 1.82) is 0 Å². The van der Waals surface area contributed by atoms with E-state index in [4.69, 9.17) is 11.5 Å². The molecule has 1 aromatic carbocycles. The zero-order valence-corrected chi connectivity index (χ0v) is 10.7. The third kappa shape index (κ3) is 3.80. The molecule has 0 spiro atoms. The highest BCUT2D eigenvalue weighted by molar-refractivity contribution is 5.89. The Kier molecular flexibility index (Phi) is 5.69. The number of hydrogen-bond donors (Lipinski definition) is 2. The van der Waals surface area contributed by atoms with Gasteiger partial charge in [-0.25, -0.2) is 13.6 Å². The SMILES string of the molecule is C#Cc1cc(F)c(NC(=O)N(CC=C)CCO)c(F)c1. The van der Waals surface area contributed by atoms with Crippen molar-refractivity contribution in [3.05, 3.63) is 42.0 Å². The number of rotatable bonds is 5. The van der Waals surface area contributed by atoms with E-state index in [9.17, 15) is 13.6 Å². The first-order chi connectivity index (χ1) is 9.53. The molecule has 0 bridgehead atoms. The molecule has 0 aromatic heterocycles. The van der Waals surface area contributed by atoms with Gasteiger partial charge in [-0.05, 0) is 12.1 Å². The number of amides is 2. The summed E-state index contributed by atoms with van der Waals surface area (Å²) in [5.74, 6) is 0.175. The Morgan fingerprint density at radius 1 is 1.50 bits per heavy atom. The van der Waals surface area contributed by atoms with E-state index in [0.717, 1.165) is 17.0 Å². The van der Waals surface area contributed by atoms with Gasteiger partial charge in [-0.15, -0.1) is 13.0 Å². The summed E-state index contributed by atoms with van der Waals surface area (Å²) in [6.45, 7) is 3.34. The van der Waals surface area contributed by atoms with Crippen LogP contribution >= 0.6 is 0 Å². The normalized spacial score (nSPS) is 9.70. The Hall–Kier alpha value is -2.39. The predicted molar refractivity (Wildman–Crippen MR) is 72.2 cm³/mol. The van der Waals surface area contributed by atoms with Gasteiger partial charge in [-0.2, -0.15) is 0 Å². The minimum absolute atomic E-state index is 0.0174. The van der Waals surface area contributed by atoms with Gasteiger partial charge in [0, 0.05) is 18.7 Å². The highest BCUT2D eigenvalue weighted by Gasteiger charge is 2.17. The molecule has 0 atom stereocenters. The smallest absolute Gasteiger partial charge is 0.322 e. The quantitative estimate of drug-likeness (QED) is 0.640. The van der Waals surface area contributed by atoms with Crippen LogP contribution in [0.2, 0.25) is 0 Å². The van der Waals surface area contributed by atoms with Gasteiger partial charge in [0.05, 0.1) is 6.61 Å². The Labute approximate surface area is 115 Å². The summed E-state index contributed by atoms with van der Waals surface area (Å²) < 4.78 is 27.3. The average Bonchev–Trinajstić information content (AvgIpc) is 2.42. The molecule has 0 aliphatic carbocycles. The zero-order valence-electron chi connectivity index (χ0n) is 10.7. The predicted octanol–water partition coefficient (Wildman–Crippen LogP) is 1.96. The standard InChI is InChI=1S/C14H14F2N2O2/c1-3-5-18(6-7-19)14(20)17-13-11(15)8-10(4-2)9-12(13)16/h2-3,8-9,19H,1,5-7H2,(H,17,20). The number of urea groups is 1. The van der Waals surface area contributed by atoms with E-state index in [1.165, 1.54) is 6.08 Å². The van der Waals surface area contributed by atoms with Crippen LogP contribution in [0.4, 0.5) is 19.3 Å². The van der Waals surface area contributed by atoms with E-state index >= 15 is 0 Å². The minimum atomic E-state index is -0.964. The molecule has 2 amide bonds. The van der Waals surface area contributed by atoms with Gasteiger partial charge in [0.2, 0.25) is 0 Å². The van der Waals surface area contributed by atoms with Crippen LogP contribution in [0.25, 0.3) is 0 Å². The molecule has 106 valence electrons. The van der Waals surface area contributed by atoms with Gasteiger partial charge < -0.3 is 15.3 Å². The molecule has 0 saturated carbocycles. The molecular formula is C14H14F2N2O2. The fourth-order valence-corrected chi connectivity index (χ4v) is 1.51. The van der Waals surface area contributed by atoms with E-state index < -0.39 is 23.4 Å². The molecule has 1 aromatic rings. The summed E-state index contributed by atoms with van der Waals surface area (Å²) >= 11 is 0. The number of nitrogens with zero attached hydrogens (tertiary/aromatic N) is 1. The number of anilines is 1. The van der Waals surface area contributed by atoms with E-state index in [2.05, 4.69) is 17.8 Å². The Bertz CT molecular complexity index is 530. The average molecular weight is 280 g/mol. The number of aliphatic hydroxyl groups excluding tert-OH is 1. The van der Waals surface area contributed by atoms with Gasteiger partial charge in [-0.1, -0.05) is 12.0 Å². The van der Waals surface area contributed by atoms with Crippen molar-refractivity contribution in [2.75, 3.05) is 25.0 Å². The number of carbonyl (C=O) groups excluding carboxylic acids is 1. The Morgan fingerprint density at radius 3 is 2.55 bits per heavy atom. The van der Waals surface area contributed by atoms with Crippen LogP contribution in [0.3, 0.4) is 0 Å². The van der Waals surface area contributed by atoms with E-state index in [1.807, 2.05) is 0 Å². The number of aliphatic hydroxyl groups is 1. The summed E-state index contributed by atoms with van der Waals surface area (Å²) in [6, 6.07) is 1.15. The molecular weight excluding hydrogens is 266 g/mol. The summed E-state index contributed by atoms with van der Waals surface area (Å²) in [4.78, 5) is 13.0. The lowest BCUT2D eigenvalue weighted by atomic mass is 10.2. The number of nitrogens with one attached hydrogen (secondary N) is 1. The van der Waals surface area contributed by atoms with Crippen LogP contribution in [0, 0.1) is 24.0 Å².